The van der Waals surface area contributed by atoms with Gasteiger partial charge in [-0.25, -0.2) is 0 Å². The van der Waals surface area contributed by atoms with Crippen LogP contribution in [0.5, 0.6) is 5.75 Å². The number of aliphatic hydroxyl groups excluding tert-OH is 1. The molecule has 0 heterocycles. The Morgan fingerprint density at radius 1 is 1.22 bits per heavy atom. The number of hydrogen-bond donors (Lipinski definition) is 2. The molecule has 1 aromatic rings. The molecule has 102 valence electrons. The van der Waals surface area contributed by atoms with Crippen LogP contribution in [0.2, 0.25) is 0 Å². The minimum atomic E-state index is -0.249. The zero-order chi connectivity index (χ0) is 13.5. The predicted octanol–water partition coefficient (Wildman–Crippen LogP) is 3.29. The Labute approximate surface area is 110 Å². The Morgan fingerprint density at radius 3 is 2.28 bits per heavy atom. The van der Waals surface area contributed by atoms with Gasteiger partial charge < -0.3 is 15.2 Å². The number of rotatable bonds is 7. The van der Waals surface area contributed by atoms with E-state index in [4.69, 9.17) is 4.74 Å². The fraction of sp³-hybridized carbons (Fsp3) is 0.600. The van der Waals surface area contributed by atoms with Gasteiger partial charge in [0, 0.05) is 11.7 Å². The van der Waals surface area contributed by atoms with E-state index in [1.165, 1.54) is 0 Å². The van der Waals surface area contributed by atoms with Crippen LogP contribution >= 0.6 is 0 Å². The second-order valence-corrected chi connectivity index (χ2v) is 5.03. The maximum absolute atomic E-state index is 9.93. The van der Waals surface area contributed by atoms with E-state index < -0.39 is 0 Å². The number of hydrogen-bond acceptors (Lipinski definition) is 3. The summed E-state index contributed by atoms with van der Waals surface area (Å²) in [4.78, 5) is 0. The molecule has 1 rings (SSSR count). The molecular formula is C15H25NO2. The van der Waals surface area contributed by atoms with Gasteiger partial charge in [0.1, 0.15) is 5.75 Å². The molecule has 0 aliphatic carbocycles. The van der Waals surface area contributed by atoms with Crippen LogP contribution in [0.4, 0.5) is 5.69 Å². The molecule has 0 aliphatic rings. The van der Waals surface area contributed by atoms with Crippen molar-refractivity contribution in [1.29, 1.82) is 0 Å². The first-order valence-corrected chi connectivity index (χ1v) is 6.65. The summed E-state index contributed by atoms with van der Waals surface area (Å²) < 4.78 is 5.13. The zero-order valence-corrected chi connectivity index (χ0v) is 11.8. The molecule has 0 aromatic heterocycles. The van der Waals surface area contributed by atoms with Gasteiger partial charge in [-0.15, -0.1) is 0 Å². The Morgan fingerprint density at radius 2 is 1.83 bits per heavy atom. The highest BCUT2D eigenvalue weighted by Gasteiger charge is 2.15. The predicted molar refractivity (Wildman–Crippen MR) is 76.2 cm³/mol. The van der Waals surface area contributed by atoms with Crippen molar-refractivity contribution in [3.05, 3.63) is 24.3 Å². The van der Waals surface area contributed by atoms with E-state index in [0.29, 0.717) is 12.0 Å². The lowest BCUT2D eigenvalue weighted by Gasteiger charge is -2.23. The van der Waals surface area contributed by atoms with Crippen LogP contribution in [0, 0.1) is 5.92 Å². The molecule has 0 fully saturated rings. The van der Waals surface area contributed by atoms with Crippen molar-refractivity contribution in [2.24, 2.45) is 5.92 Å². The molecule has 2 atom stereocenters. The van der Waals surface area contributed by atoms with Crippen LogP contribution in [0.15, 0.2) is 24.3 Å². The number of nitrogens with one attached hydrogen (secondary N) is 1. The third kappa shape index (κ3) is 4.57. The Bertz CT molecular complexity index is 335. The molecule has 3 heteroatoms. The van der Waals surface area contributed by atoms with Crippen LogP contribution in [-0.2, 0) is 0 Å². The van der Waals surface area contributed by atoms with E-state index >= 15 is 0 Å². The van der Waals surface area contributed by atoms with Crippen LogP contribution in [0.3, 0.4) is 0 Å². The molecule has 0 unspecified atom stereocenters. The highest BCUT2D eigenvalue weighted by atomic mass is 16.5. The fourth-order valence-corrected chi connectivity index (χ4v) is 1.81. The lowest BCUT2D eigenvalue weighted by Crippen LogP contribution is -2.27. The average Bonchev–Trinajstić information content (AvgIpc) is 2.38. The van der Waals surface area contributed by atoms with Crippen molar-refractivity contribution in [3.8, 4) is 5.75 Å². The van der Waals surface area contributed by atoms with Crippen LogP contribution in [-0.4, -0.2) is 24.4 Å². The van der Waals surface area contributed by atoms with Gasteiger partial charge in [0.05, 0.1) is 13.2 Å². The van der Waals surface area contributed by atoms with Crippen LogP contribution in [0.1, 0.15) is 33.6 Å². The van der Waals surface area contributed by atoms with Gasteiger partial charge in [0.15, 0.2) is 0 Å². The molecule has 2 N–H and O–H groups in total. The summed E-state index contributed by atoms with van der Waals surface area (Å²) in [6.07, 6.45) is 1.52. The van der Waals surface area contributed by atoms with Crippen molar-refractivity contribution in [1.82, 2.24) is 0 Å². The molecule has 0 amide bonds. The SMILES string of the molecule is CC[C@H](C[C@@H](O)C(C)C)Nc1ccc(OC)cc1. The van der Waals surface area contributed by atoms with Gasteiger partial charge in [-0.1, -0.05) is 20.8 Å². The third-order valence-corrected chi connectivity index (χ3v) is 3.25. The van der Waals surface area contributed by atoms with Crippen molar-refractivity contribution < 1.29 is 9.84 Å². The van der Waals surface area contributed by atoms with E-state index in [9.17, 15) is 5.11 Å². The molecule has 0 bridgehead atoms. The summed E-state index contributed by atoms with van der Waals surface area (Å²) in [6.45, 7) is 6.23. The van der Waals surface area contributed by atoms with Gasteiger partial charge >= 0.3 is 0 Å². The Kier molecular flexibility index (Phi) is 5.99. The van der Waals surface area contributed by atoms with Crippen molar-refractivity contribution >= 4 is 5.69 Å². The second kappa shape index (κ2) is 7.27. The van der Waals surface area contributed by atoms with Gasteiger partial charge in [-0.2, -0.15) is 0 Å². The Balaban J connectivity index is 2.56. The molecule has 1 aromatic carbocycles. The first kappa shape index (κ1) is 14.8. The van der Waals surface area contributed by atoms with E-state index in [2.05, 4.69) is 12.2 Å². The second-order valence-electron chi connectivity index (χ2n) is 5.03. The minimum Gasteiger partial charge on any atom is -0.497 e. The average molecular weight is 251 g/mol. The van der Waals surface area contributed by atoms with E-state index in [0.717, 1.165) is 24.3 Å². The highest BCUT2D eigenvalue weighted by molar-refractivity contribution is 5.47. The normalized spacial score (nSPS) is 14.3. The van der Waals surface area contributed by atoms with E-state index in [1.54, 1.807) is 7.11 Å². The monoisotopic (exact) mass is 251 g/mol. The maximum atomic E-state index is 9.93. The molecular weight excluding hydrogens is 226 g/mol. The summed E-state index contributed by atoms with van der Waals surface area (Å²) >= 11 is 0. The quantitative estimate of drug-likeness (QED) is 0.781. The number of ether oxygens (including phenoxy) is 1. The largest absolute Gasteiger partial charge is 0.497 e. The first-order valence-electron chi connectivity index (χ1n) is 6.65. The lowest BCUT2D eigenvalue weighted by molar-refractivity contribution is 0.110. The lowest BCUT2D eigenvalue weighted by atomic mass is 9.98. The van der Waals surface area contributed by atoms with Crippen LogP contribution in [0.25, 0.3) is 0 Å². The molecule has 0 aliphatic heterocycles. The standard InChI is InChI=1S/C15H25NO2/c1-5-12(10-15(17)11(2)3)16-13-6-8-14(18-4)9-7-13/h6-9,11-12,15-17H,5,10H2,1-4H3/t12-,15-/m1/s1. The number of benzene rings is 1. The fourth-order valence-electron chi connectivity index (χ4n) is 1.81. The maximum Gasteiger partial charge on any atom is 0.119 e. The van der Waals surface area contributed by atoms with Crippen molar-refractivity contribution in [2.45, 2.75) is 45.8 Å². The highest BCUT2D eigenvalue weighted by Crippen LogP contribution is 2.19. The minimum absolute atomic E-state index is 0.249. The smallest absolute Gasteiger partial charge is 0.119 e. The van der Waals surface area contributed by atoms with Crippen LogP contribution < -0.4 is 10.1 Å². The summed E-state index contributed by atoms with van der Waals surface area (Å²) in [7, 11) is 1.66. The summed E-state index contributed by atoms with van der Waals surface area (Å²) in [5.74, 6) is 1.16. The zero-order valence-electron chi connectivity index (χ0n) is 11.8. The van der Waals surface area contributed by atoms with E-state index in [1.807, 2.05) is 38.1 Å². The molecule has 3 nitrogen and oxygen atoms in total. The molecule has 0 radical (unpaired) electrons. The van der Waals surface area contributed by atoms with Gasteiger partial charge in [-0.05, 0) is 43.0 Å². The van der Waals surface area contributed by atoms with Gasteiger partial charge in [-0.3, -0.25) is 0 Å². The van der Waals surface area contributed by atoms with Crippen molar-refractivity contribution in [2.75, 3.05) is 12.4 Å². The molecule has 0 saturated heterocycles. The summed E-state index contributed by atoms with van der Waals surface area (Å²) in [5, 5.41) is 13.4. The van der Waals surface area contributed by atoms with Crippen molar-refractivity contribution in [3.63, 3.8) is 0 Å². The van der Waals surface area contributed by atoms with Gasteiger partial charge in [0.25, 0.3) is 0 Å². The Hall–Kier alpha value is -1.22. The molecule has 0 saturated carbocycles. The topological polar surface area (TPSA) is 41.5 Å². The summed E-state index contributed by atoms with van der Waals surface area (Å²) in [6, 6.07) is 8.18. The number of methoxy groups -OCH3 is 1. The number of anilines is 1. The van der Waals surface area contributed by atoms with Gasteiger partial charge in [0.2, 0.25) is 0 Å². The van der Waals surface area contributed by atoms with E-state index in [-0.39, 0.29) is 6.10 Å². The first-order chi connectivity index (χ1) is 8.56. The molecule has 18 heavy (non-hydrogen) atoms. The third-order valence-electron chi connectivity index (χ3n) is 3.25. The number of aliphatic hydroxyl groups is 1. The summed E-state index contributed by atoms with van der Waals surface area (Å²) in [5.41, 5.74) is 1.07. The molecule has 0 spiro atoms.